The van der Waals surface area contributed by atoms with E-state index in [1.807, 2.05) is 12.1 Å². The van der Waals surface area contributed by atoms with Gasteiger partial charge in [0.1, 0.15) is 11.5 Å². The maximum absolute atomic E-state index is 7.03. The lowest BCUT2D eigenvalue weighted by Crippen LogP contribution is -2.00. The Kier molecular flexibility index (Phi) is 7.87. The van der Waals surface area contributed by atoms with Crippen LogP contribution in [-0.4, -0.2) is 14.1 Å². The molecule has 294 valence electrons. The molecule has 0 bridgehead atoms. The van der Waals surface area contributed by atoms with Gasteiger partial charge in [0.05, 0.1) is 27.6 Å². The standard InChI is InChI=1S/C59H37N3O/c1-4-18-38(19-5-1)55-56-49-33-32-41(36-50(49)60-57(39-20-6-2-7-21-39)59(56)63-58(55)40-22-8-3-9-23-40)42-34-43(61-51-28-14-10-24-45(51)46-25-11-15-29-52(46)61)37-44(35-42)62-53-30-16-12-26-47(53)48-27-13-17-31-54(48)62/h1-37H. The van der Waals surface area contributed by atoms with Crippen molar-refractivity contribution >= 4 is 65.5 Å². The zero-order valence-electron chi connectivity index (χ0n) is 34.1. The first-order valence-corrected chi connectivity index (χ1v) is 21.5. The van der Waals surface area contributed by atoms with Crippen LogP contribution in [0.3, 0.4) is 0 Å². The molecule has 0 aliphatic heterocycles. The van der Waals surface area contributed by atoms with Crippen LogP contribution in [0.2, 0.25) is 0 Å². The summed E-state index contributed by atoms with van der Waals surface area (Å²) < 4.78 is 11.9. The molecule has 4 heterocycles. The highest BCUT2D eigenvalue weighted by Crippen LogP contribution is 2.47. The molecule has 0 saturated carbocycles. The molecule has 4 nitrogen and oxygen atoms in total. The van der Waals surface area contributed by atoms with Crippen LogP contribution in [0.1, 0.15) is 0 Å². The van der Waals surface area contributed by atoms with E-state index in [4.69, 9.17) is 9.40 Å². The maximum atomic E-state index is 7.03. The summed E-state index contributed by atoms with van der Waals surface area (Å²) in [6.45, 7) is 0. The minimum atomic E-state index is 0.779. The SMILES string of the molecule is c1ccc(-c2oc3c(-c4ccccc4)nc4cc(-c5cc(-n6c7ccccc7c7ccccc76)cc(-n6c7ccccc7c7ccccc76)c5)ccc4c3c2-c2ccccc2)cc1. The fourth-order valence-electron chi connectivity index (χ4n) is 9.93. The zero-order valence-corrected chi connectivity index (χ0v) is 34.1. The molecule has 4 aromatic heterocycles. The van der Waals surface area contributed by atoms with Gasteiger partial charge in [-0.3, -0.25) is 0 Å². The molecule has 63 heavy (non-hydrogen) atoms. The molecule has 0 fully saturated rings. The topological polar surface area (TPSA) is 35.9 Å². The van der Waals surface area contributed by atoms with Gasteiger partial charge in [-0.05, 0) is 65.2 Å². The first kappa shape index (κ1) is 35.3. The highest BCUT2D eigenvalue weighted by molar-refractivity contribution is 6.19. The van der Waals surface area contributed by atoms with E-state index in [2.05, 4.69) is 221 Å². The largest absolute Gasteiger partial charge is 0.453 e. The number of rotatable bonds is 6. The third-order valence-electron chi connectivity index (χ3n) is 12.7. The van der Waals surface area contributed by atoms with Gasteiger partial charge in [-0.15, -0.1) is 0 Å². The molecule has 0 atom stereocenters. The Morgan fingerprint density at radius 3 is 1.29 bits per heavy atom. The zero-order chi connectivity index (χ0) is 41.4. The lowest BCUT2D eigenvalue weighted by atomic mass is 9.94. The first-order chi connectivity index (χ1) is 31.3. The number of nitrogens with zero attached hydrogens (tertiary/aromatic N) is 3. The van der Waals surface area contributed by atoms with Crippen LogP contribution >= 0.6 is 0 Å². The van der Waals surface area contributed by atoms with Crippen molar-refractivity contribution in [3.8, 4) is 56.2 Å². The molecule has 0 unspecified atom stereocenters. The van der Waals surface area contributed by atoms with E-state index in [0.29, 0.717) is 0 Å². The van der Waals surface area contributed by atoms with Gasteiger partial charge < -0.3 is 13.6 Å². The second kappa shape index (κ2) is 14.1. The van der Waals surface area contributed by atoms with Crippen molar-refractivity contribution in [3.63, 3.8) is 0 Å². The summed E-state index contributed by atoms with van der Waals surface area (Å²) in [5.74, 6) is 0.835. The first-order valence-electron chi connectivity index (χ1n) is 21.5. The Balaban J connectivity index is 1.12. The summed E-state index contributed by atoms with van der Waals surface area (Å²) in [4.78, 5) is 5.51. The summed E-state index contributed by atoms with van der Waals surface area (Å²) >= 11 is 0. The van der Waals surface area contributed by atoms with E-state index in [-0.39, 0.29) is 0 Å². The van der Waals surface area contributed by atoms with Crippen molar-refractivity contribution in [2.75, 3.05) is 0 Å². The minimum absolute atomic E-state index is 0.779. The van der Waals surface area contributed by atoms with Gasteiger partial charge in [0, 0.05) is 60.4 Å². The molecule has 13 aromatic rings. The Labute approximate surface area is 363 Å². The van der Waals surface area contributed by atoms with E-state index in [9.17, 15) is 0 Å². The molecule has 0 aliphatic rings. The molecule has 4 heteroatoms. The third kappa shape index (κ3) is 5.52. The third-order valence-corrected chi connectivity index (χ3v) is 12.7. The van der Waals surface area contributed by atoms with Crippen LogP contribution in [0, 0.1) is 0 Å². The van der Waals surface area contributed by atoms with E-state index < -0.39 is 0 Å². The van der Waals surface area contributed by atoms with Crippen molar-refractivity contribution < 1.29 is 4.42 Å². The van der Waals surface area contributed by atoms with Gasteiger partial charge in [0.15, 0.2) is 5.58 Å². The lowest BCUT2D eigenvalue weighted by Gasteiger charge is -2.16. The monoisotopic (exact) mass is 803 g/mol. The molecule has 0 amide bonds. The van der Waals surface area contributed by atoms with E-state index >= 15 is 0 Å². The predicted molar refractivity (Wildman–Crippen MR) is 262 cm³/mol. The van der Waals surface area contributed by atoms with Crippen LogP contribution in [0.25, 0.3) is 122 Å². The van der Waals surface area contributed by atoms with Crippen LogP contribution in [-0.2, 0) is 0 Å². The van der Waals surface area contributed by atoms with Gasteiger partial charge in [0.25, 0.3) is 0 Å². The molecular weight excluding hydrogens is 767 g/mol. The Hall–Kier alpha value is -8.47. The van der Waals surface area contributed by atoms with E-state index in [0.717, 1.165) is 78.1 Å². The summed E-state index contributed by atoms with van der Waals surface area (Å²) in [5, 5.41) is 7.02. The number of para-hydroxylation sites is 4. The quantitative estimate of drug-likeness (QED) is 0.168. The van der Waals surface area contributed by atoms with Crippen molar-refractivity contribution in [3.05, 3.63) is 224 Å². The molecule has 0 N–H and O–H groups in total. The van der Waals surface area contributed by atoms with Crippen molar-refractivity contribution in [1.82, 2.24) is 14.1 Å². The molecule has 13 rings (SSSR count). The predicted octanol–water partition coefficient (Wildman–Crippen LogP) is 15.8. The summed E-state index contributed by atoms with van der Waals surface area (Å²) in [5.41, 5.74) is 15.7. The number of pyridine rings is 1. The van der Waals surface area contributed by atoms with Gasteiger partial charge >= 0.3 is 0 Å². The lowest BCUT2D eigenvalue weighted by molar-refractivity contribution is 0.632. The second-order valence-corrected chi connectivity index (χ2v) is 16.3. The number of aromatic nitrogens is 3. The normalized spacial score (nSPS) is 11.8. The number of hydrogen-bond donors (Lipinski definition) is 0. The Morgan fingerprint density at radius 2 is 0.778 bits per heavy atom. The smallest absolute Gasteiger partial charge is 0.162 e. The molecule has 0 aliphatic carbocycles. The van der Waals surface area contributed by atoms with Gasteiger partial charge in [0.2, 0.25) is 0 Å². The summed E-state index contributed by atoms with van der Waals surface area (Å²) in [6, 6.07) is 80.2. The van der Waals surface area contributed by atoms with E-state index in [1.165, 1.54) is 43.6 Å². The Morgan fingerprint density at radius 1 is 0.333 bits per heavy atom. The molecular formula is C59H37N3O. The van der Waals surface area contributed by atoms with Gasteiger partial charge in [-0.2, -0.15) is 0 Å². The van der Waals surface area contributed by atoms with Gasteiger partial charge in [-0.1, -0.05) is 176 Å². The van der Waals surface area contributed by atoms with E-state index in [1.54, 1.807) is 0 Å². The highest BCUT2D eigenvalue weighted by Gasteiger charge is 2.25. The molecule has 0 spiro atoms. The molecule has 0 radical (unpaired) electrons. The average molecular weight is 804 g/mol. The van der Waals surface area contributed by atoms with Crippen LogP contribution in [0.15, 0.2) is 229 Å². The fourth-order valence-corrected chi connectivity index (χ4v) is 9.93. The number of benzene rings is 9. The number of fused-ring (bicyclic) bond motifs is 9. The van der Waals surface area contributed by atoms with Crippen LogP contribution < -0.4 is 0 Å². The molecule has 9 aromatic carbocycles. The van der Waals surface area contributed by atoms with Crippen molar-refractivity contribution in [2.45, 2.75) is 0 Å². The number of hydrogen-bond acceptors (Lipinski definition) is 2. The maximum Gasteiger partial charge on any atom is 0.162 e. The van der Waals surface area contributed by atoms with Gasteiger partial charge in [-0.25, -0.2) is 4.98 Å². The molecule has 0 saturated heterocycles. The van der Waals surface area contributed by atoms with Crippen LogP contribution in [0.4, 0.5) is 0 Å². The average Bonchev–Trinajstić information content (AvgIpc) is 4.03. The number of furan rings is 1. The summed E-state index contributed by atoms with van der Waals surface area (Å²) in [6.07, 6.45) is 0. The van der Waals surface area contributed by atoms with Crippen LogP contribution in [0.5, 0.6) is 0 Å². The van der Waals surface area contributed by atoms with Crippen molar-refractivity contribution in [1.29, 1.82) is 0 Å². The minimum Gasteiger partial charge on any atom is -0.453 e. The van der Waals surface area contributed by atoms with Crippen molar-refractivity contribution in [2.24, 2.45) is 0 Å². The summed E-state index contributed by atoms with van der Waals surface area (Å²) in [7, 11) is 0. The Bertz CT molecular complexity index is 3660. The second-order valence-electron chi connectivity index (χ2n) is 16.3. The highest BCUT2D eigenvalue weighted by atomic mass is 16.3. The fraction of sp³-hybridized carbons (Fsp3) is 0.